The highest BCUT2D eigenvalue weighted by Crippen LogP contribution is 2.32. The van der Waals surface area contributed by atoms with E-state index in [0.29, 0.717) is 46.0 Å². The lowest BCUT2D eigenvalue weighted by Gasteiger charge is -2.13. The van der Waals surface area contributed by atoms with Crippen LogP contribution in [0.15, 0.2) is 58.4 Å². The van der Waals surface area contributed by atoms with E-state index >= 15 is 0 Å². The standard InChI is InChI=1S/C24H24N4O3S2/c1-16-7-6-12-27-21(16)26-20(25-11-10-17-8-4-3-5-9-17)18(22(27)29)15-19-23(30)28(13-14-31-2)24(32)33-19/h3-9,12,15,25H,10-11,13-14H2,1-2H3/b19-15-. The smallest absolute Gasteiger partial charge is 0.267 e. The van der Waals surface area contributed by atoms with Crippen molar-refractivity contribution in [3.8, 4) is 0 Å². The molecule has 1 aliphatic rings. The summed E-state index contributed by atoms with van der Waals surface area (Å²) in [4.78, 5) is 33.0. The first-order valence-electron chi connectivity index (χ1n) is 10.5. The molecular formula is C24H24N4O3S2. The van der Waals surface area contributed by atoms with Crippen LogP contribution in [0.2, 0.25) is 0 Å². The molecule has 0 radical (unpaired) electrons. The highest BCUT2D eigenvalue weighted by molar-refractivity contribution is 8.26. The summed E-state index contributed by atoms with van der Waals surface area (Å²) < 4.78 is 7.04. The topological polar surface area (TPSA) is 75.9 Å². The molecule has 0 aliphatic carbocycles. The zero-order valence-corrected chi connectivity index (χ0v) is 20.0. The number of nitrogens with one attached hydrogen (secondary N) is 1. The maximum Gasteiger partial charge on any atom is 0.267 e. The predicted octanol–water partition coefficient (Wildman–Crippen LogP) is 3.51. The number of thiocarbonyl (C=S) groups is 1. The molecule has 2 aromatic heterocycles. The molecule has 9 heteroatoms. The number of amides is 1. The lowest BCUT2D eigenvalue weighted by molar-refractivity contribution is -0.122. The van der Waals surface area contributed by atoms with Crippen molar-refractivity contribution in [2.75, 3.05) is 32.1 Å². The van der Waals surface area contributed by atoms with Crippen molar-refractivity contribution in [1.82, 2.24) is 14.3 Å². The van der Waals surface area contributed by atoms with Crippen LogP contribution in [0.3, 0.4) is 0 Å². The van der Waals surface area contributed by atoms with E-state index in [4.69, 9.17) is 21.9 Å². The largest absolute Gasteiger partial charge is 0.383 e. The number of pyridine rings is 1. The number of thioether (sulfide) groups is 1. The maximum atomic E-state index is 13.4. The second-order valence-corrected chi connectivity index (χ2v) is 9.23. The molecule has 33 heavy (non-hydrogen) atoms. The molecule has 0 spiro atoms. The SMILES string of the molecule is COCCN1C(=O)/C(=C/c2c(NCCc3ccccc3)nc3c(C)cccn3c2=O)SC1=S. The number of carbonyl (C=O) groups is 1. The molecule has 1 amide bonds. The normalized spacial score (nSPS) is 15.1. The number of nitrogens with zero attached hydrogens (tertiary/aromatic N) is 3. The summed E-state index contributed by atoms with van der Waals surface area (Å²) >= 11 is 6.55. The van der Waals surface area contributed by atoms with Gasteiger partial charge in [-0.05, 0) is 36.6 Å². The van der Waals surface area contributed by atoms with Gasteiger partial charge in [0, 0.05) is 19.9 Å². The number of carbonyl (C=O) groups excluding carboxylic acids is 1. The quantitative estimate of drug-likeness (QED) is 0.391. The molecule has 1 fully saturated rings. The highest BCUT2D eigenvalue weighted by atomic mass is 32.2. The first-order chi connectivity index (χ1) is 16.0. The van der Waals surface area contributed by atoms with E-state index in [1.807, 2.05) is 37.3 Å². The van der Waals surface area contributed by atoms with Crippen LogP contribution in [0.5, 0.6) is 0 Å². The van der Waals surface area contributed by atoms with Crippen LogP contribution < -0.4 is 10.9 Å². The van der Waals surface area contributed by atoms with Gasteiger partial charge in [0.25, 0.3) is 11.5 Å². The Hall–Kier alpha value is -3.01. The van der Waals surface area contributed by atoms with E-state index in [-0.39, 0.29) is 11.5 Å². The number of benzene rings is 1. The molecule has 1 aromatic carbocycles. The van der Waals surface area contributed by atoms with Crippen molar-refractivity contribution in [2.24, 2.45) is 0 Å². The van der Waals surface area contributed by atoms with Crippen molar-refractivity contribution in [2.45, 2.75) is 13.3 Å². The summed E-state index contributed by atoms with van der Waals surface area (Å²) in [5.74, 6) is 0.221. The third-order valence-electron chi connectivity index (χ3n) is 5.30. The van der Waals surface area contributed by atoms with E-state index in [2.05, 4.69) is 17.4 Å². The van der Waals surface area contributed by atoms with Crippen LogP contribution in [0, 0.1) is 6.92 Å². The molecule has 1 N–H and O–H groups in total. The zero-order chi connectivity index (χ0) is 23.4. The molecule has 0 saturated carbocycles. The van der Waals surface area contributed by atoms with Gasteiger partial charge in [-0.15, -0.1) is 0 Å². The summed E-state index contributed by atoms with van der Waals surface area (Å²) in [6.07, 6.45) is 4.06. The number of hydrogen-bond acceptors (Lipinski definition) is 7. The lowest BCUT2D eigenvalue weighted by atomic mass is 10.1. The van der Waals surface area contributed by atoms with Gasteiger partial charge in [-0.1, -0.05) is 60.4 Å². The molecule has 1 aliphatic heterocycles. The third kappa shape index (κ3) is 5.00. The first-order valence-corrected chi connectivity index (χ1v) is 11.8. The van der Waals surface area contributed by atoms with Crippen LogP contribution in [0.1, 0.15) is 16.7 Å². The number of fused-ring (bicyclic) bond motifs is 1. The van der Waals surface area contributed by atoms with Gasteiger partial charge in [0.2, 0.25) is 0 Å². The van der Waals surface area contributed by atoms with Crippen LogP contribution in [-0.4, -0.2) is 51.3 Å². The Balaban J connectivity index is 1.71. The number of anilines is 1. The van der Waals surface area contributed by atoms with Crippen LogP contribution >= 0.6 is 24.0 Å². The van der Waals surface area contributed by atoms with Gasteiger partial charge in [-0.3, -0.25) is 18.9 Å². The number of rotatable bonds is 8. The Bertz CT molecular complexity index is 1290. The summed E-state index contributed by atoms with van der Waals surface area (Å²) in [7, 11) is 1.57. The summed E-state index contributed by atoms with van der Waals surface area (Å²) in [6.45, 7) is 3.25. The van der Waals surface area contributed by atoms with Crippen LogP contribution in [0.4, 0.5) is 5.82 Å². The van der Waals surface area contributed by atoms with Crippen molar-refractivity contribution < 1.29 is 9.53 Å². The number of hydrogen-bond donors (Lipinski definition) is 1. The Labute approximate surface area is 201 Å². The molecule has 4 rings (SSSR count). The average molecular weight is 481 g/mol. The van der Waals surface area contributed by atoms with Gasteiger partial charge in [-0.25, -0.2) is 4.98 Å². The van der Waals surface area contributed by atoms with Crippen LogP contribution in [-0.2, 0) is 16.0 Å². The molecule has 0 atom stereocenters. The lowest BCUT2D eigenvalue weighted by Crippen LogP contribution is -2.31. The fourth-order valence-electron chi connectivity index (χ4n) is 3.55. The Morgan fingerprint density at radius 2 is 1.97 bits per heavy atom. The zero-order valence-electron chi connectivity index (χ0n) is 18.4. The van der Waals surface area contributed by atoms with Gasteiger partial charge in [0.1, 0.15) is 15.8 Å². The monoisotopic (exact) mass is 480 g/mol. The fourth-order valence-corrected chi connectivity index (χ4v) is 4.84. The Morgan fingerprint density at radius 1 is 1.18 bits per heavy atom. The number of aryl methyl sites for hydroxylation is 1. The molecule has 1 saturated heterocycles. The van der Waals surface area contributed by atoms with Gasteiger partial charge < -0.3 is 10.1 Å². The minimum atomic E-state index is -0.243. The van der Waals surface area contributed by atoms with Crippen molar-refractivity contribution in [1.29, 1.82) is 0 Å². The van der Waals surface area contributed by atoms with Gasteiger partial charge >= 0.3 is 0 Å². The van der Waals surface area contributed by atoms with E-state index in [9.17, 15) is 9.59 Å². The van der Waals surface area contributed by atoms with Crippen molar-refractivity contribution >= 4 is 51.7 Å². The molecule has 170 valence electrons. The first kappa shape index (κ1) is 23.2. The second-order valence-electron chi connectivity index (χ2n) is 7.55. The van der Waals surface area contributed by atoms with Gasteiger partial charge in [-0.2, -0.15) is 0 Å². The Morgan fingerprint density at radius 3 is 2.73 bits per heavy atom. The minimum Gasteiger partial charge on any atom is -0.383 e. The van der Waals surface area contributed by atoms with E-state index in [1.165, 1.54) is 26.6 Å². The summed E-state index contributed by atoms with van der Waals surface area (Å²) in [5, 5.41) is 3.31. The number of aromatic nitrogens is 2. The van der Waals surface area contributed by atoms with Gasteiger partial charge in [0.05, 0.1) is 23.6 Å². The molecule has 0 unspecified atom stereocenters. The molecule has 3 aromatic rings. The predicted molar refractivity (Wildman–Crippen MR) is 137 cm³/mol. The fraction of sp³-hybridized carbons (Fsp3) is 0.250. The van der Waals surface area contributed by atoms with E-state index in [0.717, 1.165) is 12.0 Å². The second kappa shape index (κ2) is 10.3. The molecular weight excluding hydrogens is 456 g/mol. The van der Waals surface area contributed by atoms with E-state index < -0.39 is 0 Å². The van der Waals surface area contributed by atoms with Gasteiger partial charge in [0.15, 0.2) is 0 Å². The van der Waals surface area contributed by atoms with Crippen molar-refractivity contribution in [3.63, 3.8) is 0 Å². The summed E-state index contributed by atoms with van der Waals surface area (Å²) in [6, 6.07) is 13.8. The Kier molecular flexibility index (Phi) is 7.22. The molecule has 3 heterocycles. The highest BCUT2D eigenvalue weighted by Gasteiger charge is 2.32. The maximum absolute atomic E-state index is 13.4. The molecule has 0 bridgehead atoms. The minimum absolute atomic E-state index is 0.231. The number of ether oxygens (including phenoxy) is 1. The summed E-state index contributed by atoms with van der Waals surface area (Å²) in [5.41, 5.74) is 2.73. The van der Waals surface area contributed by atoms with Crippen LogP contribution in [0.25, 0.3) is 11.7 Å². The molecule has 7 nitrogen and oxygen atoms in total. The van der Waals surface area contributed by atoms with Crippen molar-refractivity contribution in [3.05, 3.63) is 80.6 Å². The average Bonchev–Trinajstić information content (AvgIpc) is 3.08. The van der Waals surface area contributed by atoms with E-state index in [1.54, 1.807) is 19.4 Å². The third-order valence-corrected chi connectivity index (χ3v) is 6.68. The number of methoxy groups -OCH3 is 1.